The third kappa shape index (κ3) is 4.67. The Morgan fingerprint density at radius 3 is 2.45 bits per heavy atom. The van der Waals surface area contributed by atoms with E-state index in [4.69, 9.17) is 9.15 Å². The molecule has 1 N–H and O–H groups in total. The number of aromatic nitrogens is 1. The molecule has 5 aromatic rings. The zero-order valence-electron chi connectivity index (χ0n) is 18.3. The highest BCUT2D eigenvalue weighted by molar-refractivity contribution is 5.91. The molecule has 164 valence electrons. The molecule has 0 radical (unpaired) electrons. The molecule has 2 heterocycles. The van der Waals surface area contributed by atoms with Crippen molar-refractivity contribution in [2.45, 2.75) is 19.6 Å². The average Bonchev–Trinajstić information content (AvgIpc) is 3.55. The normalized spacial score (nSPS) is 11.9. The fourth-order valence-electron chi connectivity index (χ4n) is 3.78. The fraction of sp³-hybridized carbons (Fsp3) is 0.107. The van der Waals surface area contributed by atoms with Crippen LogP contribution >= 0.6 is 0 Å². The van der Waals surface area contributed by atoms with Gasteiger partial charge >= 0.3 is 0 Å². The van der Waals surface area contributed by atoms with Crippen LogP contribution in [0, 0.1) is 0 Å². The van der Waals surface area contributed by atoms with Gasteiger partial charge in [0, 0.05) is 18.1 Å². The number of nitrogens with zero attached hydrogens (tertiary/aromatic N) is 1. The quantitative estimate of drug-likeness (QED) is 0.326. The Hall–Kier alpha value is -4.25. The van der Waals surface area contributed by atoms with Crippen molar-refractivity contribution in [3.63, 3.8) is 0 Å². The number of nitrogens with one attached hydrogen (secondary N) is 1. The fourth-order valence-corrected chi connectivity index (χ4v) is 3.78. The Kier molecular flexibility index (Phi) is 5.68. The first-order chi connectivity index (χ1) is 16.2. The predicted molar refractivity (Wildman–Crippen MR) is 129 cm³/mol. The second-order valence-electron chi connectivity index (χ2n) is 7.94. The molecule has 0 aliphatic rings. The third-order valence-electron chi connectivity index (χ3n) is 5.63. The van der Waals surface area contributed by atoms with Crippen molar-refractivity contribution in [1.29, 1.82) is 0 Å². The van der Waals surface area contributed by atoms with E-state index in [1.54, 1.807) is 12.1 Å². The van der Waals surface area contributed by atoms with E-state index in [9.17, 15) is 4.79 Å². The summed E-state index contributed by atoms with van der Waals surface area (Å²) in [5, 5.41) is 5.27. The number of rotatable bonds is 7. The van der Waals surface area contributed by atoms with Crippen LogP contribution in [-0.4, -0.2) is 10.5 Å². The largest absolute Gasteiger partial charge is 0.486 e. The summed E-state index contributed by atoms with van der Waals surface area (Å²) in [4.78, 5) is 12.7. The molecule has 0 saturated carbocycles. The van der Waals surface area contributed by atoms with E-state index in [1.165, 1.54) is 0 Å². The number of fused-ring (bicyclic) bond motifs is 1. The van der Waals surface area contributed by atoms with E-state index in [2.05, 4.69) is 11.4 Å². The molecule has 0 bridgehead atoms. The molecule has 1 atom stereocenters. The first kappa shape index (κ1) is 20.6. The van der Waals surface area contributed by atoms with Crippen LogP contribution in [0.3, 0.4) is 0 Å². The molecule has 0 fully saturated rings. The molecule has 0 spiro atoms. The molecule has 5 rings (SSSR count). The van der Waals surface area contributed by atoms with Gasteiger partial charge in [0.15, 0.2) is 5.76 Å². The molecule has 1 amide bonds. The zero-order valence-corrected chi connectivity index (χ0v) is 18.3. The van der Waals surface area contributed by atoms with E-state index < -0.39 is 0 Å². The van der Waals surface area contributed by atoms with Crippen molar-refractivity contribution in [3.05, 3.63) is 120 Å². The molecule has 0 saturated heterocycles. The van der Waals surface area contributed by atoms with Crippen molar-refractivity contribution in [2.24, 2.45) is 0 Å². The predicted octanol–water partition coefficient (Wildman–Crippen LogP) is 6.29. The molecule has 33 heavy (non-hydrogen) atoms. The van der Waals surface area contributed by atoms with Crippen LogP contribution in [0.5, 0.6) is 5.75 Å². The summed E-state index contributed by atoms with van der Waals surface area (Å²) >= 11 is 0. The van der Waals surface area contributed by atoms with Gasteiger partial charge < -0.3 is 19.0 Å². The Morgan fingerprint density at radius 1 is 0.909 bits per heavy atom. The first-order valence-corrected chi connectivity index (χ1v) is 10.9. The highest BCUT2D eigenvalue weighted by Crippen LogP contribution is 2.22. The van der Waals surface area contributed by atoms with E-state index in [0.29, 0.717) is 5.76 Å². The zero-order chi connectivity index (χ0) is 22.6. The van der Waals surface area contributed by atoms with Gasteiger partial charge in [0.05, 0.1) is 6.04 Å². The Balaban J connectivity index is 1.18. The molecular formula is C28H24N2O3. The van der Waals surface area contributed by atoms with Gasteiger partial charge in [-0.05, 0) is 71.8 Å². The highest BCUT2D eigenvalue weighted by atomic mass is 16.5. The number of carbonyl (C=O) groups is 1. The summed E-state index contributed by atoms with van der Waals surface area (Å²) in [5.74, 6) is 1.36. The van der Waals surface area contributed by atoms with Gasteiger partial charge in [0.2, 0.25) is 0 Å². The van der Waals surface area contributed by atoms with Gasteiger partial charge in [0.25, 0.3) is 5.91 Å². The first-order valence-electron chi connectivity index (χ1n) is 10.9. The number of hydrogen-bond acceptors (Lipinski definition) is 3. The van der Waals surface area contributed by atoms with E-state index >= 15 is 0 Å². The molecule has 0 aliphatic heterocycles. The summed E-state index contributed by atoms with van der Waals surface area (Å²) in [6.07, 6.45) is 4.00. The lowest BCUT2D eigenvalue weighted by Crippen LogP contribution is -2.26. The number of ether oxygens (including phenoxy) is 1. The summed E-state index contributed by atoms with van der Waals surface area (Å²) in [6.45, 7) is 2.21. The minimum absolute atomic E-state index is 0.154. The van der Waals surface area contributed by atoms with Crippen LogP contribution in [0.4, 0.5) is 0 Å². The van der Waals surface area contributed by atoms with Crippen molar-refractivity contribution in [3.8, 4) is 11.4 Å². The van der Waals surface area contributed by atoms with Gasteiger partial charge in [-0.2, -0.15) is 0 Å². The lowest BCUT2D eigenvalue weighted by molar-refractivity contribution is 0.0907. The van der Waals surface area contributed by atoms with Crippen LogP contribution in [0.1, 0.15) is 34.8 Å². The number of hydrogen-bond donors (Lipinski definition) is 1. The summed E-state index contributed by atoms with van der Waals surface area (Å²) in [7, 11) is 0. The smallest absolute Gasteiger partial charge is 0.287 e. The third-order valence-corrected chi connectivity index (χ3v) is 5.63. The van der Waals surface area contributed by atoms with Gasteiger partial charge in [-0.15, -0.1) is 0 Å². The van der Waals surface area contributed by atoms with Gasteiger partial charge in [-0.25, -0.2) is 0 Å². The van der Waals surface area contributed by atoms with Crippen LogP contribution in [0.25, 0.3) is 16.5 Å². The molecule has 5 heteroatoms. The van der Waals surface area contributed by atoms with E-state index in [1.807, 2.05) is 96.7 Å². The minimum Gasteiger partial charge on any atom is -0.486 e. The van der Waals surface area contributed by atoms with Crippen LogP contribution in [-0.2, 0) is 6.61 Å². The number of benzene rings is 3. The topological polar surface area (TPSA) is 56.4 Å². The van der Waals surface area contributed by atoms with Crippen molar-refractivity contribution in [1.82, 2.24) is 9.88 Å². The van der Waals surface area contributed by atoms with Crippen molar-refractivity contribution in [2.75, 3.05) is 0 Å². The van der Waals surface area contributed by atoms with Crippen molar-refractivity contribution >= 4 is 16.7 Å². The Morgan fingerprint density at radius 2 is 1.67 bits per heavy atom. The lowest BCUT2D eigenvalue weighted by Gasteiger charge is -2.14. The molecule has 1 unspecified atom stereocenters. The molecule has 0 aliphatic carbocycles. The summed E-state index contributed by atoms with van der Waals surface area (Å²) in [5.41, 5.74) is 2.09. The van der Waals surface area contributed by atoms with Gasteiger partial charge in [0.1, 0.15) is 18.1 Å². The Bertz CT molecular complexity index is 1370. The number of furan rings is 1. The number of carbonyl (C=O) groups excluding carboxylic acids is 1. The van der Waals surface area contributed by atoms with E-state index in [0.717, 1.165) is 27.8 Å². The SMILES string of the molecule is CC(NC(=O)c1ccc(COc2ccc3ccccc3c2)o1)c1ccc(-n2cccc2)cc1. The maximum atomic E-state index is 12.7. The van der Waals surface area contributed by atoms with Gasteiger partial charge in [-0.3, -0.25) is 4.79 Å². The monoisotopic (exact) mass is 436 g/mol. The molecule has 2 aromatic heterocycles. The maximum absolute atomic E-state index is 12.7. The molecular weight excluding hydrogens is 412 g/mol. The summed E-state index contributed by atoms with van der Waals surface area (Å²) < 4.78 is 13.6. The molecule has 3 aromatic carbocycles. The standard InChI is InChI=1S/C28H24N2O3/c1-20(21-8-11-24(12-9-21)30-16-4-5-17-30)29-28(31)27-15-14-26(33-27)19-32-25-13-10-22-6-2-3-7-23(22)18-25/h2-18,20H,19H2,1H3,(H,29,31). The second kappa shape index (κ2) is 9.09. The summed E-state index contributed by atoms with van der Waals surface area (Å²) in [6, 6.07) is 29.5. The highest BCUT2D eigenvalue weighted by Gasteiger charge is 2.15. The second-order valence-corrected chi connectivity index (χ2v) is 7.94. The van der Waals surface area contributed by atoms with Crippen LogP contribution in [0.2, 0.25) is 0 Å². The molecule has 5 nitrogen and oxygen atoms in total. The minimum atomic E-state index is -0.256. The van der Waals surface area contributed by atoms with E-state index in [-0.39, 0.29) is 24.3 Å². The number of amides is 1. The van der Waals surface area contributed by atoms with Crippen LogP contribution in [0.15, 0.2) is 108 Å². The van der Waals surface area contributed by atoms with Crippen LogP contribution < -0.4 is 10.1 Å². The van der Waals surface area contributed by atoms with Gasteiger partial charge in [-0.1, -0.05) is 42.5 Å². The Labute approximate surface area is 192 Å². The lowest BCUT2D eigenvalue weighted by atomic mass is 10.1. The average molecular weight is 437 g/mol. The maximum Gasteiger partial charge on any atom is 0.287 e. The van der Waals surface area contributed by atoms with Crippen molar-refractivity contribution < 1.29 is 13.9 Å².